The molecule has 0 unspecified atom stereocenters. The molecule has 0 amide bonds. The number of hydrogen-bond donors (Lipinski definition) is 2. The first-order chi connectivity index (χ1) is 9.54. The molecule has 0 heterocycles. The van der Waals surface area contributed by atoms with E-state index in [0.717, 1.165) is 17.1 Å². The number of nitrogen functional groups attached to an aromatic ring is 1. The van der Waals surface area contributed by atoms with Gasteiger partial charge in [0.15, 0.2) is 0 Å². The van der Waals surface area contributed by atoms with Crippen LogP contribution in [0.4, 0.5) is 0 Å². The number of benzene rings is 2. The molecule has 0 fully saturated rings. The van der Waals surface area contributed by atoms with Crippen molar-refractivity contribution in [2.75, 3.05) is 0 Å². The summed E-state index contributed by atoms with van der Waals surface area (Å²) in [5, 5.41) is 7.37. The van der Waals surface area contributed by atoms with Gasteiger partial charge in [0.25, 0.3) is 0 Å². The Morgan fingerprint density at radius 1 is 0.950 bits per heavy atom. The van der Waals surface area contributed by atoms with Crippen molar-refractivity contribution in [2.24, 2.45) is 5.73 Å². The van der Waals surface area contributed by atoms with E-state index >= 15 is 0 Å². The second-order valence-corrected chi connectivity index (χ2v) is 6.08. The topological polar surface area (TPSA) is 49.9 Å². The molecule has 0 aromatic heterocycles. The number of rotatable bonds is 5. The van der Waals surface area contributed by atoms with E-state index in [1.807, 2.05) is 36.0 Å². The minimum Gasteiger partial charge on any atom is -0.384 e. The van der Waals surface area contributed by atoms with Crippen LogP contribution in [0, 0.1) is 19.3 Å². The number of nitrogens with one attached hydrogen (secondary N) is 1. The molecule has 0 aliphatic carbocycles. The molecule has 0 bridgehead atoms. The summed E-state index contributed by atoms with van der Waals surface area (Å²) in [5.74, 6) is 2.13. The summed E-state index contributed by atoms with van der Waals surface area (Å²) in [6, 6.07) is 14.6. The number of nitrogens with two attached hydrogens (primary N) is 1. The highest BCUT2D eigenvalue weighted by molar-refractivity contribution is 7.97. The zero-order chi connectivity index (χ0) is 14.5. The third-order valence-electron chi connectivity index (χ3n) is 3.08. The van der Waals surface area contributed by atoms with Crippen LogP contribution in [0.15, 0.2) is 42.5 Å². The van der Waals surface area contributed by atoms with E-state index in [-0.39, 0.29) is 5.84 Å². The van der Waals surface area contributed by atoms with E-state index in [9.17, 15) is 0 Å². The third-order valence-corrected chi connectivity index (χ3v) is 4.16. The Bertz CT molecular complexity index is 583. The van der Waals surface area contributed by atoms with E-state index in [2.05, 4.69) is 32.0 Å². The maximum absolute atomic E-state index is 7.37. The predicted octanol–water partition coefficient (Wildman–Crippen LogP) is 4.02. The zero-order valence-electron chi connectivity index (χ0n) is 11.9. The van der Waals surface area contributed by atoms with Crippen LogP contribution < -0.4 is 5.73 Å². The molecule has 3 N–H and O–H groups in total. The maximum atomic E-state index is 7.37. The molecule has 0 radical (unpaired) electrons. The lowest BCUT2D eigenvalue weighted by molar-refractivity contribution is 1.29. The minimum atomic E-state index is 0.124. The molecule has 0 aliphatic rings. The van der Waals surface area contributed by atoms with Gasteiger partial charge in [0, 0.05) is 17.1 Å². The van der Waals surface area contributed by atoms with E-state index in [1.54, 1.807) is 0 Å². The van der Waals surface area contributed by atoms with Gasteiger partial charge in [-0.15, -0.1) is 0 Å². The fourth-order valence-electron chi connectivity index (χ4n) is 2.22. The van der Waals surface area contributed by atoms with Gasteiger partial charge >= 0.3 is 0 Å². The average molecular weight is 284 g/mol. The van der Waals surface area contributed by atoms with E-state index in [1.165, 1.54) is 22.3 Å². The van der Waals surface area contributed by atoms with Gasteiger partial charge in [-0.3, -0.25) is 5.41 Å². The zero-order valence-corrected chi connectivity index (χ0v) is 12.8. The van der Waals surface area contributed by atoms with Gasteiger partial charge in [0.2, 0.25) is 0 Å². The quantitative estimate of drug-likeness (QED) is 0.643. The second kappa shape index (κ2) is 6.62. The first-order valence-electron chi connectivity index (χ1n) is 6.63. The van der Waals surface area contributed by atoms with E-state index in [0.29, 0.717) is 0 Å². The molecule has 2 aromatic carbocycles. The molecule has 0 saturated heterocycles. The fraction of sp³-hybridized carbons (Fsp3) is 0.235. The molecule has 3 heteroatoms. The van der Waals surface area contributed by atoms with Crippen LogP contribution in [-0.4, -0.2) is 5.84 Å². The summed E-state index contributed by atoms with van der Waals surface area (Å²) in [6.07, 6.45) is 0. The van der Waals surface area contributed by atoms with Crippen molar-refractivity contribution in [1.82, 2.24) is 0 Å². The van der Waals surface area contributed by atoms with Gasteiger partial charge in [0.1, 0.15) is 5.84 Å². The van der Waals surface area contributed by atoms with Crippen LogP contribution in [0.25, 0.3) is 0 Å². The maximum Gasteiger partial charge on any atom is 0.122 e. The number of aryl methyl sites for hydroxylation is 2. The molecule has 0 saturated carbocycles. The van der Waals surface area contributed by atoms with Crippen molar-refractivity contribution in [3.63, 3.8) is 0 Å². The molecule has 20 heavy (non-hydrogen) atoms. The largest absolute Gasteiger partial charge is 0.384 e. The molecule has 2 nitrogen and oxygen atoms in total. The van der Waals surface area contributed by atoms with Crippen LogP contribution in [-0.2, 0) is 11.5 Å². The third kappa shape index (κ3) is 4.14. The highest BCUT2D eigenvalue weighted by Gasteiger charge is 2.00. The second-order valence-electron chi connectivity index (χ2n) is 5.10. The van der Waals surface area contributed by atoms with Crippen molar-refractivity contribution in [3.05, 3.63) is 70.3 Å². The van der Waals surface area contributed by atoms with Crippen molar-refractivity contribution in [2.45, 2.75) is 25.4 Å². The normalized spacial score (nSPS) is 10.5. The smallest absolute Gasteiger partial charge is 0.122 e. The highest BCUT2D eigenvalue weighted by atomic mass is 32.2. The Morgan fingerprint density at radius 3 is 2.05 bits per heavy atom. The SMILES string of the molecule is Cc1cc(C)cc(CSCc2ccc(C(=N)N)cc2)c1. The Hall–Kier alpha value is -1.74. The van der Waals surface area contributed by atoms with Crippen LogP contribution >= 0.6 is 11.8 Å². The van der Waals surface area contributed by atoms with Crippen molar-refractivity contribution in [3.8, 4) is 0 Å². The number of hydrogen-bond acceptors (Lipinski definition) is 2. The summed E-state index contributed by atoms with van der Waals surface area (Å²) in [6.45, 7) is 4.28. The minimum absolute atomic E-state index is 0.124. The Balaban J connectivity index is 1.90. The van der Waals surface area contributed by atoms with Crippen LogP contribution in [0.1, 0.15) is 27.8 Å². The molecule has 2 rings (SSSR count). The lowest BCUT2D eigenvalue weighted by Crippen LogP contribution is -2.10. The molecular formula is C17H20N2S. The van der Waals surface area contributed by atoms with Gasteiger partial charge in [0.05, 0.1) is 0 Å². The molecule has 2 aromatic rings. The number of thioether (sulfide) groups is 1. The van der Waals surface area contributed by atoms with Crippen molar-refractivity contribution in [1.29, 1.82) is 5.41 Å². The van der Waals surface area contributed by atoms with Gasteiger partial charge in [-0.25, -0.2) is 0 Å². The summed E-state index contributed by atoms with van der Waals surface area (Å²) in [5.41, 5.74) is 11.5. The molecule has 104 valence electrons. The Kier molecular flexibility index (Phi) is 4.85. The fourth-order valence-corrected chi connectivity index (χ4v) is 3.15. The van der Waals surface area contributed by atoms with Gasteiger partial charge in [-0.05, 0) is 25.0 Å². The van der Waals surface area contributed by atoms with Crippen LogP contribution in [0.3, 0.4) is 0 Å². The predicted molar refractivity (Wildman–Crippen MR) is 88.4 cm³/mol. The Morgan fingerprint density at radius 2 is 1.50 bits per heavy atom. The van der Waals surface area contributed by atoms with Crippen LogP contribution in [0.2, 0.25) is 0 Å². The lowest BCUT2D eigenvalue weighted by atomic mass is 10.1. The molecule has 0 atom stereocenters. The first kappa shape index (κ1) is 14.7. The van der Waals surface area contributed by atoms with Gasteiger partial charge in [-0.1, -0.05) is 53.6 Å². The van der Waals surface area contributed by atoms with Crippen molar-refractivity contribution >= 4 is 17.6 Å². The van der Waals surface area contributed by atoms with Crippen molar-refractivity contribution < 1.29 is 0 Å². The summed E-state index contributed by atoms with van der Waals surface area (Å²) in [7, 11) is 0. The Labute approximate surface area is 124 Å². The van der Waals surface area contributed by atoms with Crippen LogP contribution in [0.5, 0.6) is 0 Å². The molecular weight excluding hydrogens is 264 g/mol. The van der Waals surface area contributed by atoms with Gasteiger partial charge in [-0.2, -0.15) is 11.8 Å². The summed E-state index contributed by atoms with van der Waals surface area (Å²) < 4.78 is 0. The molecule has 0 spiro atoms. The summed E-state index contributed by atoms with van der Waals surface area (Å²) >= 11 is 1.91. The summed E-state index contributed by atoms with van der Waals surface area (Å²) in [4.78, 5) is 0. The average Bonchev–Trinajstić information content (AvgIpc) is 2.38. The highest BCUT2D eigenvalue weighted by Crippen LogP contribution is 2.20. The first-order valence-corrected chi connectivity index (χ1v) is 7.78. The molecule has 0 aliphatic heterocycles. The van der Waals surface area contributed by atoms with E-state index in [4.69, 9.17) is 11.1 Å². The van der Waals surface area contributed by atoms with E-state index < -0.39 is 0 Å². The monoisotopic (exact) mass is 284 g/mol. The number of amidine groups is 1. The lowest BCUT2D eigenvalue weighted by Gasteiger charge is -2.06. The van der Waals surface area contributed by atoms with Gasteiger partial charge < -0.3 is 5.73 Å². The standard InChI is InChI=1S/C17H20N2S/c1-12-7-13(2)9-15(8-12)11-20-10-14-3-5-16(6-4-14)17(18)19/h3-9H,10-11H2,1-2H3,(H3,18,19).